The minimum absolute atomic E-state index is 0.0188. The molecule has 3 N–H and O–H groups in total. The van der Waals surface area contributed by atoms with Gasteiger partial charge in [-0.1, -0.05) is 11.6 Å². The zero-order chi connectivity index (χ0) is 26.3. The second kappa shape index (κ2) is 11.7. The number of carboxylic acids is 2. The summed E-state index contributed by atoms with van der Waals surface area (Å²) in [5.41, 5.74) is -0.0812. The van der Waals surface area contributed by atoms with E-state index in [1.807, 2.05) is 13.8 Å². The van der Waals surface area contributed by atoms with Gasteiger partial charge in [-0.15, -0.1) is 0 Å². The SMILES string of the molecule is CCN(CC)c1ncc(NS(=O)(=O)c2cc(Cl)ccc2OC)cc1C(=O)O.O=C(O)C(F)(F)F. The molecule has 1 aromatic carbocycles. The zero-order valence-corrected chi connectivity index (χ0v) is 19.6. The van der Waals surface area contributed by atoms with Crippen molar-refractivity contribution >= 4 is 45.1 Å². The molecule has 34 heavy (non-hydrogen) atoms. The number of carboxylic acid groups (broad SMARTS) is 2. The minimum Gasteiger partial charge on any atom is -0.495 e. The molecule has 0 aliphatic carbocycles. The van der Waals surface area contributed by atoms with Crippen LogP contribution >= 0.6 is 11.6 Å². The molecule has 0 amide bonds. The number of rotatable bonds is 8. The number of ether oxygens (including phenoxy) is 1. The molecule has 2 rings (SSSR count). The lowest BCUT2D eigenvalue weighted by atomic mass is 10.2. The quantitative estimate of drug-likeness (QED) is 0.467. The van der Waals surface area contributed by atoms with Gasteiger partial charge >= 0.3 is 18.1 Å². The Kier molecular flexibility index (Phi) is 9.94. The van der Waals surface area contributed by atoms with Crippen molar-refractivity contribution in [1.82, 2.24) is 4.98 Å². The molecular formula is C19H21ClF3N3O7S. The number of sulfonamides is 1. The van der Waals surface area contributed by atoms with Crippen molar-refractivity contribution in [2.75, 3.05) is 29.8 Å². The highest BCUT2D eigenvalue weighted by Crippen LogP contribution is 2.29. The lowest BCUT2D eigenvalue weighted by Gasteiger charge is -2.22. The highest BCUT2D eigenvalue weighted by Gasteiger charge is 2.38. The van der Waals surface area contributed by atoms with E-state index in [2.05, 4.69) is 9.71 Å². The largest absolute Gasteiger partial charge is 0.495 e. The van der Waals surface area contributed by atoms with Crippen molar-refractivity contribution < 1.29 is 46.1 Å². The van der Waals surface area contributed by atoms with Gasteiger partial charge in [0.2, 0.25) is 0 Å². The molecule has 0 fully saturated rings. The molecule has 0 bridgehead atoms. The average molecular weight is 528 g/mol. The molecule has 0 unspecified atom stereocenters. The Balaban J connectivity index is 0.000000718. The average Bonchev–Trinajstić information content (AvgIpc) is 2.74. The van der Waals surface area contributed by atoms with Crippen molar-refractivity contribution in [2.24, 2.45) is 0 Å². The molecule has 0 saturated heterocycles. The summed E-state index contributed by atoms with van der Waals surface area (Å²) in [5.74, 6) is -3.58. The number of anilines is 2. The Bertz CT molecular complexity index is 1140. The van der Waals surface area contributed by atoms with Crippen LogP contribution in [0.25, 0.3) is 0 Å². The van der Waals surface area contributed by atoms with Gasteiger partial charge in [0, 0.05) is 18.1 Å². The molecule has 15 heteroatoms. The van der Waals surface area contributed by atoms with Gasteiger partial charge < -0.3 is 19.8 Å². The van der Waals surface area contributed by atoms with Crippen LogP contribution in [-0.4, -0.2) is 61.9 Å². The van der Waals surface area contributed by atoms with Gasteiger partial charge in [0.05, 0.1) is 19.0 Å². The van der Waals surface area contributed by atoms with Crippen LogP contribution < -0.4 is 14.4 Å². The highest BCUT2D eigenvalue weighted by atomic mass is 35.5. The van der Waals surface area contributed by atoms with E-state index in [0.717, 1.165) is 0 Å². The monoisotopic (exact) mass is 527 g/mol. The van der Waals surface area contributed by atoms with Crippen molar-refractivity contribution in [2.45, 2.75) is 24.9 Å². The Morgan fingerprint density at radius 2 is 1.74 bits per heavy atom. The number of halogens is 4. The fourth-order valence-corrected chi connectivity index (χ4v) is 3.98. The lowest BCUT2D eigenvalue weighted by molar-refractivity contribution is -0.192. The topological polar surface area (TPSA) is 146 Å². The Labute approximate surface area is 198 Å². The van der Waals surface area contributed by atoms with E-state index in [1.165, 1.54) is 37.6 Å². The fourth-order valence-electron chi connectivity index (χ4n) is 2.52. The van der Waals surface area contributed by atoms with Crippen LogP contribution in [0, 0.1) is 0 Å². The number of hydrogen-bond acceptors (Lipinski definition) is 7. The van der Waals surface area contributed by atoms with Gasteiger partial charge in [-0.25, -0.2) is 23.0 Å². The first-order chi connectivity index (χ1) is 15.7. The first-order valence-electron chi connectivity index (χ1n) is 9.32. The molecule has 0 radical (unpaired) electrons. The maximum atomic E-state index is 12.7. The van der Waals surface area contributed by atoms with E-state index in [4.69, 9.17) is 26.2 Å². The van der Waals surface area contributed by atoms with Crippen molar-refractivity contribution in [3.8, 4) is 5.75 Å². The summed E-state index contributed by atoms with van der Waals surface area (Å²) in [7, 11) is -2.73. The second-order valence-electron chi connectivity index (χ2n) is 6.28. The first kappa shape index (κ1) is 28.8. The second-order valence-corrected chi connectivity index (χ2v) is 8.36. The third-order valence-corrected chi connectivity index (χ3v) is 5.71. The molecular weight excluding hydrogens is 507 g/mol. The summed E-state index contributed by atoms with van der Waals surface area (Å²) in [4.78, 5) is 26.2. The molecule has 1 heterocycles. The lowest BCUT2D eigenvalue weighted by Crippen LogP contribution is -2.25. The summed E-state index contributed by atoms with van der Waals surface area (Å²) in [5, 5.41) is 16.8. The van der Waals surface area contributed by atoms with Crippen LogP contribution in [0.4, 0.5) is 24.7 Å². The molecule has 0 spiro atoms. The zero-order valence-electron chi connectivity index (χ0n) is 18.1. The fraction of sp³-hybridized carbons (Fsp3) is 0.316. The van der Waals surface area contributed by atoms with Gasteiger partial charge in [-0.3, -0.25) is 4.72 Å². The van der Waals surface area contributed by atoms with Crippen LogP contribution in [0.15, 0.2) is 35.4 Å². The first-order valence-corrected chi connectivity index (χ1v) is 11.2. The van der Waals surface area contributed by atoms with E-state index in [-0.39, 0.29) is 32.7 Å². The molecule has 188 valence electrons. The maximum absolute atomic E-state index is 12.7. The number of methoxy groups -OCH3 is 1. The number of pyridine rings is 1. The molecule has 1 aromatic heterocycles. The number of carbonyl (C=O) groups is 2. The molecule has 0 saturated carbocycles. The van der Waals surface area contributed by atoms with Gasteiger partial charge in [-0.2, -0.15) is 13.2 Å². The van der Waals surface area contributed by atoms with Crippen LogP contribution in [0.2, 0.25) is 5.02 Å². The highest BCUT2D eigenvalue weighted by molar-refractivity contribution is 7.92. The van der Waals surface area contributed by atoms with Gasteiger partial charge in [0.25, 0.3) is 10.0 Å². The number of hydrogen-bond donors (Lipinski definition) is 3. The smallest absolute Gasteiger partial charge is 0.490 e. The molecule has 0 atom stereocenters. The summed E-state index contributed by atoms with van der Waals surface area (Å²) < 4.78 is 64.6. The summed E-state index contributed by atoms with van der Waals surface area (Å²) in [6.07, 6.45) is -3.81. The Morgan fingerprint density at radius 3 is 2.18 bits per heavy atom. The van der Waals surface area contributed by atoms with Crippen LogP contribution in [0.3, 0.4) is 0 Å². The van der Waals surface area contributed by atoms with Crippen molar-refractivity contribution in [3.05, 3.63) is 41.0 Å². The number of aromatic carboxylic acids is 1. The van der Waals surface area contributed by atoms with Crippen molar-refractivity contribution in [3.63, 3.8) is 0 Å². The summed E-state index contributed by atoms with van der Waals surface area (Å²) >= 11 is 5.89. The Hall–Kier alpha value is -3.26. The number of aromatic nitrogens is 1. The molecule has 0 aliphatic rings. The third-order valence-electron chi connectivity index (χ3n) is 4.07. The van der Waals surface area contributed by atoms with Gasteiger partial charge in [0.1, 0.15) is 22.0 Å². The summed E-state index contributed by atoms with van der Waals surface area (Å²) in [6, 6.07) is 5.42. The number of nitrogens with zero attached hydrogens (tertiary/aromatic N) is 2. The van der Waals surface area contributed by atoms with E-state index < -0.39 is 28.1 Å². The molecule has 10 nitrogen and oxygen atoms in total. The number of alkyl halides is 3. The van der Waals surface area contributed by atoms with Crippen molar-refractivity contribution in [1.29, 1.82) is 0 Å². The van der Waals surface area contributed by atoms with Crippen LogP contribution in [0.5, 0.6) is 5.75 Å². The van der Waals surface area contributed by atoms with Crippen LogP contribution in [0.1, 0.15) is 24.2 Å². The van der Waals surface area contributed by atoms with Gasteiger partial charge in [-0.05, 0) is 38.1 Å². The standard InChI is InChI=1S/C17H20ClN3O5S.C2HF3O2/c1-4-21(5-2)16-13(17(22)23)9-12(10-19-16)20-27(24,25)15-8-11(18)6-7-14(15)26-3;3-2(4,5)1(6)7/h6-10,20H,4-5H2,1-3H3,(H,22,23);(H,6,7). The number of benzene rings is 1. The minimum atomic E-state index is -5.08. The van der Waals surface area contributed by atoms with Gasteiger partial charge in [0.15, 0.2) is 0 Å². The Morgan fingerprint density at radius 1 is 1.18 bits per heavy atom. The number of nitrogens with one attached hydrogen (secondary N) is 1. The predicted molar refractivity (Wildman–Crippen MR) is 117 cm³/mol. The van der Waals surface area contributed by atoms with E-state index in [1.54, 1.807) is 4.90 Å². The normalized spacial score (nSPS) is 11.1. The summed E-state index contributed by atoms with van der Waals surface area (Å²) in [6.45, 7) is 4.88. The maximum Gasteiger partial charge on any atom is 0.490 e. The van der Waals surface area contributed by atoms with E-state index in [9.17, 15) is 31.5 Å². The van der Waals surface area contributed by atoms with E-state index in [0.29, 0.717) is 13.1 Å². The molecule has 2 aromatic rings. The third kappa shape index (κ3) is 7.66. The van der Waals surface area contributed by atoms with Crippen LogP contribution in [-0.2, 0) is 14.8 Å². The van der Waals surface area contributed by atoms with E-state index >= 15 is 0 Å². The predicted octanol–water partition coefficient (Wildman–Crippen LogP) is 3.72. The molecule has 0 aliphatic heterocycles. The number of aliphatic carboxylic acids is 1.